The molecular weight excluding hydrogens is 288 g/mol. The molecule has 1 atom stereocenters. The van der Waals surface area contributed by atoms with E-state index in [2.05, 4.69) is 10.3 Å². The Balaban J connectivity index is 2.00. The van der Waals surface area contributed by atoms with Crippen LogP contribution in [-0.2, 0) is 7.05 Å². The van der Waals surface area contributed by atoms with E-state index >= 15 is 0 Å². The van der Waals surface area contributed by atoms with Crippen LogP contribution in [0.3, 0.4) is 0 Å². The van der Waals surface area contributed by atoms with E-state index in [1.807, 2.05) is 25.1 Å². The van der Waals surface area contributed by atoms with E-state index in [0.717, 1.165) is 0 Å². The second kappa shape index (κ2) is 6.79. The Morgan fingerprint density at radius 2 is 2.09 bits per heavy atom. The standard InChI is InChI=1S/C14H18N4O4/c1-10(22-12-7-5-4-6-11(12)21-3)8-15-13-14(18(19)20)16-9-17(13)2/h4-7,9-10,15H,8H2,1-3H3/t10-/m1/s1. The summed E-state index contributed by atoms with van der Waals surface area (Å²) in [5.74, 6) is 1.41. The summed E-state index contributed by atoms with van der Waals surface area (Å²) < 4.78 is 12.6. The Morgan fingerprint density at radius 3 is 2.73 bits per heavy atom. The van der Waals surface area contributed by atoms with Crippen LogP contribution >= 0.6 is 0 Å². The number of aromatic nitrogens is 2. The van der Waals surface area contributed by atoms with Crippen LogP contribution in [-0.4, -0.2) is 34.2 Å². The number of methoxy groups -OCH3 is 1. The van der Waals surface area contributed by atoms with Gasteiger partial charge in [-0.05, 0) is 29.0 Å². The Morgan fingerprint density at radius 1 is 1.41 bits per heavy atom. The van der Waals surface area contributed by atoms with Crippen molar-refractivity contribution in [2.75, 3.05) is 19.0 Å². The summed E-state index contributed by atoms with van der Waals surface area (Å²) in [7, 11) is 3.26. The number of para-hydroxylation sites is 2. The monoisotopic (exact) mass is 306 g/mol. The predicted molar refractivity (Wildman–Crippen MR) is 81.4 cm³/mol. The fraction of sp³-hybridized carbons (Fsp3) is 0.357. The maximum absolute atomic E-state index is 10.9. The third-order valence-corrected chi connectivity index (χ3v) is 3.04. The molecule has 0 unspecified atom stereocenters. The molecule has 0 saturated carbocycles. The average molecular weight is 306 g/mol. The third kappa shape index (κ3) is 3.46. The average Bonchev–Trinajstić information content (AvgIpc) is 2.87. The van der Waals surface area contributed by atoms with Gasteiger partial charge in [0.2, 0.25) is 12.1 Å². The van der Waals surface area contributed by atoms with Crippen LogP contribution in [0, 0.1) is 10.1 Å². The van der Waals surface area contributed by atoms with Crippen LogP contribution in [0.15, 0.2) is 30.6 Å². The van der Waals surface area contributed by atoms with Gasteiger partial charge in [-0.3, -0.25) is 4.57 Å². The molecule has 0 fully saturated rings. The molecule has 8 heteroatoms. The first-order valence-corrected chi connectivity index (χ1v) is 6.72. The lowest BCUT2D eigenvalue weighted by Crippen LogP contribution is -2.24. The van der Waals surface area contributed by atoms with E-state index in [9.17, 15) is 10.1 Å². The molecule has 1 heterocycles. The van der Waals surface area contributed by atoms with Crippen LogP contribution < -0.4 is 14.8 Å². The molecule has 1 N–H and O–H groups in total. The van der Waals surface area contributed by atoms with Crippen LogP contribution in [0.4, 0.5) is 11.6 Å². The molecule has 22 heavy (non-hydrogen) atoms. The van der Waals surface area contributed by atoms with Gasteiger partial charge in [0.25, 0.3) is 0 Å². The third-order valence-electron chi connectivity index (χ3n) is 3.04. The first-order chi connectivity index (χ1) is 10.5. The second-order valence-electron chi connectivity index (χ2n) is 4.75. The van der Waals surface area contributed by atoms with Crippen LogP contribution in [0.2, 0.25) is 0 Å². The number of hydrogen-bond donors (Lipinski definition) is 1. The summed E-state index contributed by atoms with van der Waals surface area (Å²) in [6, 6.07) is 7.32. The number of aryl methyl sites for hydroxylation is 1. The predicted octanol–water partition coefficient (Wildman–Crippen LogP) is 2.22. The van der Waals surface area contributed by atoms with Crippen molar-refractivity contribution in [3.63, 3.8) is 0 Å². The van der Waals surface area contributed by atoms with Gasteiger partial charge in [0, 0.05) is 7.05 Å². The molecule has 0 bridgehead atoms. The van der Waals surface area contributed by atoms with E-state index in [1.165, 1.54) is 6.33 Å². The first-order valence-electron chi connectivity index (χ1n) is 6.72. The Bertz CT molecular complexity index is 656. The highest BCUT2D eigenvalue weighted by Crippen LogP contribution is 2.27. The van der Waals surface area contributed by atoms with E-state index in [1.54, 1.807) is 24.8 Å². The van der Waals surface area contributed by atoms with Gasteiger partial charge < -0.3 is 24.9 Å². The van der Waals surface area contributed by atoms with Crippen molar-refractivity contribution >= 4 is 11.6 Å². The quantitative estimate of drug-likeness (QED) is 0.623. The molecule has 0 aliphatic rings. The van der Waals surface area contributed by atoms with Crippen molar-refractivity contribution in [1.82, 2.24) is 9.55 Å². The number of imidazole rings is 1. The zero-order valence-electron chi connectivity index (χ0n) is 12.6. The maximum Gasteiger partial charge on any atom is 0.406 e. The molecule has 118 valence electrons. The smallest absolute Gasteiger partial charge is 0.406 e. The number of nitrogens with zero attached hydrogens (tertiary/aromatic N) is 3. The maximum atomic E-state index is 10.9. The van der Waals surface area contributed by atoms with Crippen molar-refractivity contribution in [3.8, 4) is 11.5 Å². The molecule has 2 rings (SSSR count). The van der Waals surface area contributed by atoms with Crippen molar-refractivity contribution in [2.24, 2.45) is 7.05 Å². The van der Waals surface area contributed by atoms with Crippen molar-refractivity contribution in [3.05, 3.63) is 40.7 Å². The highest BCUT2D eigenvalue weighted by Gasteiger charge is 2.20. The van der Waals surface area contributed by atoms with Gasteiger partial charge in [0.15, 0.2) is 11.5 Å². The van der Waals surface area contributed by atoms with E-state index < -0.39 is 4.92 Å². The van der Waals surface area contributed by atoms with Crippen LogP contribution in [0.25, 0.3) is 0 Å². The SMILES string of the molecule is COc1ccccc1O[C@H](C)CNc1c([N+](=O)[O-])ncn1C. The normalized spacial score (nSPS) is 11.8. The number of anilines is 1. The lowest BCUT2D eigenvalue weighted by atomic mass is 10.3. The topological polar surface area (TPSA) is 91.4 Å². The lowest BCUT2D eigenvalue weighted by Gasteiger charge is -2.17. The van der Waals surface area contributed by atoms with E-state index in [0.29, 0.717) is 23.9 Å². The molecule has 0 spiro atoms. The summed E-state index contributed by atoms with van der Waals surface area (Å²) in [6.07, 6.45) is 1.18. The van der Waals surface area contributed by atoms with Crippen molar-refractivity contribution in [1.29, 1.82) is 0 Å². The van der Waals surface area contributed by atoms with Crippen LogP contribution in [0.1, 0.15) is 6.92 Å². The fourth-order valence-corrected chi connectivity index (χ4v) is 1.97. The molecule has 2 aromatic rings. The van der Waals surface area contributed by atoms with Gasteiger partial charge in [0.1, 0.15) is 6.10 Å². The Labute approximate surface area is 127 Å². The summed E-state index contributed by atoms with van der Waals surface area (Å²) >= 11 is 0. The van der Waals surface area contributed by atoms with Gasteiger partial charge in [0.05, 0.1) is 13.7 Å². The summed E-state index contributed by atoms with van der Waals surface area (Å²) in [5.41, 5.74) is 0. The lowest BCUT2D eigenvalue weighted by molar-refractivity contribution is -0.388. The number of nitro groups is 1. The summed E-state index contributed by atoms with van der Waals surface area (Å²) in [5, 5.41) is 13.9. The molecule has 0 aliphatic heterocycles. The van der Waals surface area contributed by atoms with E-state index in [-0.39, 0.29) is 11.9 Å². The fourth-order valence-electron chi connectivity index (χ4n) is 1.97. The molecule has 8 nitrogen and oxygen atoms in total. The van der Waals surface area contributed by atoms with Crippen LogP contribution in [0.5, 0.6) is 11.5 Å². The molecule has 0 radical (unpaired) electrons. The molecule has 1 aromatic carbocycles. The van der Waals surface area contributed by atoms with Gasteiger partial charge in [-0.1, -0.05) is 12.1 Å². The zero-order chi connectivity index (χ0) is 16.1. The molecule has 0 aliphatic carbocycles. The largest absolute Gasteiger partial charge is 0.493 e. The van der Waals surface area contributed by atoms with Gasteiger partial charge in [-0.25, -0.2) is 0 Å². The number of nitrogens with one attached hydrogen (secondary N) is 1. The minimum absolute atomic E-state index is 0.202. The highest BCUT2D eigenvalue weighted by atomic mass is 16.6. The summed E-state index contributed by atoms with van der Waals surface area (Å²) in [6.45, 7) is 2.25. The van der Waals surface area contributed by atoms with E-state index in [4.69, 9.17) is 9.47 Å². The molecule has 0 amide bonds. The molecule has 1 aromatic heterocycles. The van der Waals surface area contributed by atoms with Crippen molar-refractivity contribution < 1.29 is 14.4 Å². The van der Waals surface area contributed by atoms with Gasteiger partial charge >= 0.3 is 5.82 Å². The minimum Gasteiger partial charge on any atom is -0.493 e. The number of rotatable bonds is 7. The van der Waals surface area contributed by atoms with Gasteiger partial charge in [-0.2, -0.15) is 0 Å². The number of hydrogen-bond acceptors (Lipinski definition) is 6. The van der Waals surface area contributed by atoms with Crippen molar-refractivity contribution in [2.45, 2.75) is 13.0 Å². The molecule has 0 saturated heterocycles. The Hall–Kier alpha value is -2.77. The Kier molecular flexibility index (Phi) is 4.82. The zero-order valence-corrected chi connectivity index (χ0v) is 12.6. The molecular formula is C14H18N4O4. The number of benzene rings is 1. The number of ether oxygens (including phenoxy) is 2. The van der Waals surface area contributed by atoms with Gasteiger partial charge in [-0.15, -0.1) is 0 Å². The minimum atomic E-state index is -0.520. The summed E-state index contributed by atoms with van der Waals surface area (Å²) in [4.78, 5) is 14.1. The highest BCUT2D eigenvalue weighted by molar-refractivity contribution is 5.52. The first kappa shape index (κ1) is 15.6. The second-order valence-corrected chi connectivity index (χ2v) is 4.75.